The minimum absolute atomic E-state index is 0.571. The number of benzene rings is 13. The van der Waals surface area contributed by atoms with Crippen molar-refractivity contribution in [1.29, 1.82) is 10.5 Å². The summed E-state index contributed by atoms with van der Waals surface area (Å²) in [6.07, 6.45) is 0. The van der Waals surface area contributed by atoms with Crippen molar-refractivity contribution in [3.63, 3.8) is 0 Å². The van der Waals surface area contributed by atoms with Crippen LogP contribution < -0.4 is 0 Å². The first kappa shape index (κ1) is 54.1. The molecule has 0 aliphatic carbocycles. The molecule has 0 aliphatic rings. The third-order valence-electron chi connectivity index (χ3n) is 16.5. The van der Waals surface area contributed by atoms with Crippen LogP contribution in [0.1, 0.15) is 11.1 Å². The van der Waals surface area contributed by atoms with E-state index in [2.05, 4.69) is 182 Å². The average molecular weight is 1150 g/mol. The van der Waals surface area contributed by atoms with Crippen LogP contribution in [0.2, 0.25) is 0 Å². The summed E-state index contributed by atoms with van der Waals surface area (Å²) in [6.45, 7) is 0. The molecule has 0 saturated heterocycles. The van der Waals surface area contributed by atoms with Crippen LogP contribution in [0, 0.1) is 22.7 Å². The minimum Gasteiger partial charge on any atom is -0.208 e. The van der Waals surface area contributed by atoms with Gasteiger partial charge < -0.3 is 0 Å². The molecule has 0 N–H and O–H groups in total. The predicted molar refractivity (Wildman–Crippen MR) is 363 cm³/mol. The molecular weight excluding hydrogens is 1100 g/mol. The molecule has 2 heterocycles. The Morgan fingerprint density at radius 3 is 0.844 bits per heavy atom. The van der Waals surface area contributed by atoms with Gasteiger partial charge in [-0.05, 0) is 143 Å². The molecule has 0 aliphatic heterocycles. The van der Waals surface area contributed by atoms with Crippen LogP contribution in [-0.2, 0) is 0 Å². The number of nitriles is 2. The first-order valence-corrected chi connectivity index (χ1v) is 29.7. The Bertz CT molecular complexity index is 5200. The van der Waals surface area contributed by atoms with Gasteiger partial charge >= 0.3 is 0 Å². The van der Waals surface area contributed by atoms with Crippen molar-refractivity contribution >= 4 is 21.5 Å². The summed E-state index contributed by atoms with van der Waals surface area (Å²) in [5.74, 6) is 3.52. The molecule has 0 atom stereocenters. The van der Waals surface area contributed by atoms with Gasteiger partial charge in [0.25, 0.3) is 0 Å². The van der Waals surface area contributed by atoms with Crippen LogP contribution in [0.25, 0.3) is 157 Å². The number of hydrogen-bond acceptors (Lipinski definition) is 8. The molecular formula is C82H50N8. The van der Waals surface area contributed by atoms with Gasteiger partial charge in [0.15, 0.2) is 34.9 Å². The number of nitrogens with zero attached hydrogens (tertiary/aromatic N) is 8. The molecule has 0 fully saturated rings. The number of rotatable bonds is 12. The van der Waals surface area contributed by atoms with E-state index in [1.165, 1.54) is 5.39 Å². The first-order valence-electron chi connectivity index (χ1n) is 29.7. The van der Waals surface area contributed by atoms with E-state index in [1.54, 1.807) is 0 Å². The standard InChI is InChI=1S/C82H50N8/c83-51-53-23-25-55(26-24-53)56-27-31-58(32-28-56)73-47-67-20-10-11-21-68(67)48-74(73)59-33-39-66(40-34-59)82-89-79(63-18-8-3-9-19-63)88-80(90-82)64-37-29-57(30-38-64)69-43-44-70-49-76(71-22-12-13-54(45-71)52-84)75(50-72(70)46-69)60-35-41-65(42-36-60)81-86-77(61-14-4-1-5-15-61)85-78(87-81)62-16-6-2-7-17-62/h1-50H. The van der Waals surface area contributed by atoms with Crippen LogP contribution in [0.15, 0.2) is 303 Å². The fraction of sp³-hybridized carbons (Fsp3) is 0. The highest BCUT2D eigenvalue weighted by molar-refractivity contribution is 5.99. The molecule has 0 unspecified atom stereocenters. The summed E-state index contributed by atoms with van der Waals surface area (Å²) < 4.78 is 0. The lowest BCUT2D eigenvalue weighted by Crippen LogP contribution is -2.00. The van der Waals surface area contributed by atoms with Crippen molar-refractivity contribution in [3.05, 3.63) is 314 Å². The summed E-state index contributed by atoms with van der Waals surface area (Å²) in [7, 11) is 0. The maximum absolute atomic E-state index is 9.98. The summed E-state index contributed by atoms with van der Waals surface area (Å²) in [5.41, 5.74) is 19.2. The summed E-state index contributed by atoms with van der Waals surface area (Å²) in [4.78, 5) is 30.2. The van der Waals surface area contributed by atoms with Crippen molar-refractivity contribution in [2.24, 2.45) is 0 Å². The second-order valence-corrected chi connectivity index (χ2v) is 22.1. The molecule has 8 heteroatoms. The van der Waals surface area contributed by atoms with Gasteiger partial charge in [-0.3, -0.25) is 0 Å². The van der Waals surface area contributed by atoms with E-state index in [-0.39, 0.29) is 0 Å². The van der Waals surface area contributed by atoms with Gasteiger partial charge in [-0.25, -0.2) is 29.9 Å². The predicted octanol–water partition coefficient (Wildman–Crippen LogP) is 20.1. The number of aromatic nitrogens is 6. The van der Waals surface area contributed by atoms with Crippen molar-refractivity contribution in [3.8, 4) is 147 Å². The van der Waals surface area contributed by atoms with E-state index in [4.69, 9.17) is 29.9 Å². The van der Waals surface area contributed by atoms with Gasteiger partial charge in [0, 0.05) is 33.4 Å². The van der Waals surface area contributed by atoms with Crippen molar-refractivity contribution in [2.45, 2.75) is 0 Å². The van der Waals surface area contributed by atoms with Gasteiger partial charge in [-0.1, -0.05) is 249 Å². The molecule has 2 aromatic heterocycles. The van der Waals surface area contributed by atoms with Crippen LogP contribution in [0.4, 0.5) is 0 Å². The monoisotopic (exact) mass is 1150 g/mol. The molecule has 13 aromatic carbocycles. The quantitative estimate of drug-likeness (QED) is 0.118. The van der Waals surface area contributed by atoms with Gasteiger partial charge in [-0.2, -0.15) is 10.5 Å². The zero-order chi connectivity index (χ0) is 60.3. The van der Waals surface area contributed by atoms with Gasteiger partial charge in [0.2, 0.25) is 0 Å². The summed E-state index contributed by atoms with van der Waals surface area (Å²) in [6, 6.07) is 108. The second-order valence-electron chi connectivity index (χ2n) is 22.1. The third-order valence-corrected chi connectivity index (χ3v) is 16.5. The maximum atomic E-state index is 9.98. The van der Waals surface area contributed by atoms with Gasteiger partial charge in [0.05, 0.1) is 23.3 Å². The Morgan fingerprint density at radius 2 is 0.456 bits per heavy atom. The van der Waals surface area contributed by atoms with Crippen LogP contribution in [0.5, 0.6) is 0 Å². The van der Waals surface area contributed by atoms with E-state index in [0.29, 0.717) is 46.1 Å². The molecule has 0 spiro atoms. The van der Waals surface area contributed by atoms with Gasteiger partial charge in [-0.15, -0.1) is 0 Å². The average Bonchev–Trinajstić information content (AvgIpc) is 1.70. The zero-order valence-electron chi connectivity index (χ0n) is 48.4. The Balaban J connectivity index is 0.753. The molecule has 15 aromatic rings. The van der Waals surface area contributed by atoms with E-state index < -0.39 is 0 Å². The molecule has 8 nitrogen and oxygen atoms in total. The Morgan fingerprint density at radius 1 is 0.178 bits per heavy atom. The SMILES string of the molecule is N#Cc1ccc(-c2ccc(-c3cc4ccccc4cc3-c3ccc(-c4nc(-c5ccccc5)nc(-c5ccc(-c6ccc7cc(-c8cccc(C#N)c8)c(-c8ccc(-c9nc(-c%10ccccc%10)nc(-c%10ccccc%10)n9)cc8)cc7c6)cc5)n4)cc3)cc2)cc1. The highest BCUT2D eigenvalue weighted by Crippen LogP contribution is 2.41. The fourth-order valence-electron chi connectivity index (χ4n) is 11.7. The van der Waals surface area contributed by atoms with Crippen molar-refractivity contribution < 1.29 is 0 Å². The van der Waals surface area contributed by atoms with Crippen LogP contribution in [0.3, 0.4) is 0 Å². The Kier molecular flexibility index (Phi) is 14.2. The molecule has 0 bridgehead atoms. The van der Waals surface area contributed by atoms with Crippen LogP contribution >= 0.6 is 0 Å². The lowest BCUT2D eigenvalue weighted by molar-refractivity contribution is 1.07. The molecule has 418 valence electrons. The Labute approximate surface area is 520 Å². The zero-order valence-corrected chi connectivity index (χ0v) is 48.4. The fourth-order valence-corrected chi connectivity index (χ4v) is 11.7. The summed E-state index contributed by atoms with van der Waals surface area (Å²) in [5, 5.41) is 23.8. The lowest BCUT2D eigenvalue weighted by atomic mass is 9.89. The highest BCUT2D eigenvalue weighted by Gasteiger charge is 2.18. The van der Waals surface area contributed by atoms with E-state index in [0.717, 1.165) is 116 Å². The third kappa shape index (κ3) is 10.9. The van der Waals surface area contributed by atoms with E-state index >= 15 is 0 Å². The summed E-state index contributed by atoms with van der Waals surface area (Å²) >= 11 is 0. The molecule has 0 saturated carbocycles. The highest BCUT2D eigenvalue weighted by atomic mass is 15.0. The molecule has 15 rings (SSSR count). The Hall–Kier alpha value is -12.6. The van der Waals surface area contributed by atoms with Crippen LogP contribution in [-0.4, -0.2) is 29.9 Å². The lowest BCUT2D eigenvalue weighted by Gasteiger charge is -2.15. The van der Waals surface area contributed by atoms with E-state index in [1.807, 2.05) is 133 Å². The topological polar surface area (TPSA) is 125 Å². The van der Waals surface area contributed by atoms with Crippen molar-refractivity contribution in [1.82, 2.24) is 29.9 Å². The van der Waals surface area contributed by atoms with Gasteiger partial charge in [0.1, 0.15) is 0 Å². The smallest absolute Gasteiger partial charge is 0.164 e. The number of fused-ring (bicyclic) bond motifs is 2. The number of hydrogen-bond donors (Lipinski definition) is 0. The maximum Gasteiger partial charge on any atom is 0.164 e. The molecule has 90 heavy (non-hydrogen) atoms. The van der Waals surface area contributed by atoms with E-state index in [9.17, 15) is 10.5 Å². The second kappa shape index (κ2) is 23.7. The minimum atomic E-state index is 0.571. The largest absolute Gasteiger partial charge is 0.208 e. The first-order chi connectivity index (χ1) is 44.4. The molecule has 0 amide bonds. The normalized spacial score (nSPS) is 11.1. The van der Waals surface area contributed by atoms with Crippen molar-refractivity contribution in [2.75, 3.05) is 0 Å². The molecule has 0 radical (unpaired) electrons.